The van der Waals surface area contributed by atoms with Gasteiger partial charge in [0.2, 0.25) is 0 Å². The van der Waals surface area contributed by atoms with Crippen molar-refractivity contribution in [2.45, 2.75) is 32.0 Å². The molecule has 6 nitrogen and oxygen atoms in total. The number of amides is 1. The van der Waals surface area contributed by atoms with Crippen LogP contribution in [0.2, 0.25) is 0 Å². The van der Waals surface area contributed by atoms with E-state index in [0.29, 0.717) is 12.2 Å². The average molecular weight is 253 g/mol. The lowest BCUT2D eigenvalue weighted by Gasteiger charge is -2.14. The van der Waals surface area contributed by atoms with E-state index in [4.69, 9.17) is 9.47 Å². The lowest BCUT2D eigenvalue weighted by molar-refractivity contribution is -0.0974. The summed E-state index contributed by atoms with van der Waals surface area (Å²) in [6, 6.07) is 0. The molecule has 0 fully saturated rings. The van der Waals surface area contributed by atoms with Crippen molar-refractivity contribution in [1.82, 2.24) is 15.5 Å². The molecule has 18 heavy (non-hydrogen) atoms. The highest BCUT2D eigenvalue weighted by Gasteiger charge is 2.21. The minimum absolute atomic E-state index is 0.173. The van der Waals surface area contributed by atoms with Gasteiger partial charge in [0.15, 0.2) is 12.0 Å². The monoisotopic (exact) mass is 253 g/mol. The van der Waals surface area contributed by atoms with E-state index in [-0.39, 0.29) is 5.91 Å². The lowest BCUT2D eigenvalue weighted by atomic mass is 9.96. The van der Waals surface area contributed by atoms with Gasteiger partial charge < -0.3 is 14.8 Å². The minimum Gasteiger partial charge on any atom is -0.354 e. The Kier molecular flexibility index (Phi) is 4.33. The fourth-order valence-corrected chi connectivity index (χ4v) is 2.19. The molecule has 1 aliphatic carbocycles. The summed E-state index contributed by atoms with van der Waals surface area (Å²) in [7, 11) is 3.08. The summed E-state index contributed by atoms with van der Waals surface area (Å²) in [5.41, 5.74) is 2.67. The van der Waals surface area contributed by atoms with Crippen molar-refractivity contribution in [3.05, 3.63) is 17.0 Å². The first-order chi connectivity index (χ1) is 8.76. The van der Waals surface area contributed by atoms with Crippen molar-refractivity contribution in [3.8, 4) is 0 Å². The summed E-state index contributed by atoms with van der Waals surface area (Å²) in [4.78, 5) is 12.0. The van der Waals surface area contributed by atoms with Gasteiger partial charge >= 0.3 is 0 Å². The number of aryl methyl sites for hydroxylation is 1. The number of hydrogen-bond donors (Lipinski definition) is 2. The molecule has 0 bridgehead atoms. The smallest absolute Gasteiger partial charge is 0.272 e. The number of methoxy groups -OCH3 is 2. The van der Waals surface area contributed by atoms with Gasteiger partial charge in [-0.1, -0.05) is 0 Å². The molecule has 2 N–H and O–H groups in total. The molecule has 1 aliphatic rings. The zero-order valence-corrected chi connectivity index (χ0v) is 10.8. The van der Waals surface area contributed by atoms with Crippen LogP contribution in [-0.2, 0) is 22.3 Å². The van der Waals surface area contributed by atoms with E-state index in [1.165, 1.54) is 14.2 Å². The van der Waals surface area contributed by atoms with Gasteiger partial charge in [0.1, 0.15) is 0 Å². The van der Waals surface area contributed by atoms with Crippen molar-refractivity contribution in [2.24, 2.45) is 0 Å². The van der Waals surface area contributed by atoms with Gasteiger partial charge in [-0.05, 0) is 25.7 Å². The predicted octanol–water partition coefficient (Wildman–Crippen LogP) is 0.637. The summed E-state index contributed by atoms with van der Waals surface area (Å²) < 4.78 is 10.0. The van der Waals surface area contributed by atoms with Crippen LogP contribution in [0.5, 0.6) is 0 Å². The molecule has 0 aromatic carbocycles. The zero-order chi connectivity index (χ0) is 13.0. The SMILES string of the molecule is COC(CNC(=O)c1n[nH]c2c1CCCC2)OC. The topological polar surface area (TPSA) is 76.2 Å². The number of aromatic nitrogens is 2. The van der Waals surface area contributed by atoms with Crippen LogP contribution in [0.4, 0.5) is 0 Å². The number of fused-ring (bicyclic) bond motifs is 1. The fraction of sp³-hybridized carbons (Fsp3) is 0.667. The largest absolute Gasteiger partial charge is 0.354 e. The van der Waals surface area contributed by atoms with Crippen molar-refractivity contribution in [2.75, 3.05) is 20.8 Å². The maximum Gasteiger partial charge on any atom is 0.272 e. The Hall–Kier alpha value is -1.40. The number of carbonyl (C=O) groups excluding carboxylic acids is 1. The molecule has 0 atom stereocenters. The highest BCUT2D eigenvalue weighted by atomic mass is 16.7. The van der Waals surface area contributed by atoms with Gasteiger partial charge in [0.05, 0.1) is 6.54 Å². The van der Waals surface area contributed by atoms with E-state index in [9.17, 15) is 4.79 Å². The highest BCUT2D eigenvalue weighted by molar-refractivity contribution is 5.94. The van der Waals surface area contributed by atoms with Crippen LogP contribution in [0.3, 0.4) is 0 Å². The third kappa shape index (κ3) is 2.70. The number of H-pyrrole nitrogens is 1. The van der Waals surface area contributed by atoms with Gasteiger partial charge in [-0.3, -0.25) is 9.89 Å². The Balaban J connectivity index is 1.99. The third-order valence-corrected chi connectivity index (χ3v) is 3.23. The molecule has 1 aromatic rings. The summed E-state index contributed by atoms with van der Waals surface area (Å²) >= 11 is 0. The van der Waals surface area contributed by atoms with Crippen LogP contribution < -0.4 is 5.32 Å². The zero-order valence-electron chi connectivity index (χ0n) is 10.8. The summed E-state index contributed by atoms with van der Waals surface area (Å²) in [6.45, 7) is 0.313. The van der Waals surface area contributed by atoms with Crippen molar-refractivity contribution < 1.29 is 14.3 Å². The molecule has 1 aromatic heterocycles. The first-order valence-electron chi connectivity index (χ1n) is 6.16. The first kappa shape index (κ1) is 13.0. The summed E-state index contributed by atoms with van der Waals surface area (Å²) in [6.07, 6.45) is 3.75. The second kappa shape index (κ2) is 5.97. The Bertz CT molecular complexity index is 413. The number of hydrogen-bond acceptors (Lipinski definition) is 4. The molecule has 0 aliphatic heterocycles. The summed E-state index contributed by atoms with van der Waals surface area (Å²) in [5, 5.41) is 9.82. The number of carbonyl (C=O) groups is 1. The van der Waals surface area contributed by atoms with E-state index in [1.54, 1.807) is 0 Å². The van der Waals surface area contributed by atoms with E-state index >= 15 is 0 Å². The van der Waals surface area contributed by atoms with E-state index in [2.05, 4.69) is 15.5 Å². The quantitative estimate of drug-likeness (QED) is 0.755. The molecule has 1 amide bonds. The molecule has 0 unspecified atom stereocenters. The Morgan fingerprint density at radius 3 is 2.83 bits per heavy atom. The summed E-state index contributed by atoms with van der Waals surface area (Å²) in [5.74, 6) is -0.173. The first-order valence-corrected chi connectivity index (χ1v) is 6.16. The Morgan fingerprint density at radius 1 is 1.39 bits per heavy atom. The lowest BCUT2D eigenvalue weighted by Crippen LogP contribution is -2.34. The maximum absolute atomic E-state index is 12.0. The highest BCUT2D eigenvalue weighted by Crippen LogP contribution is 2.21. The molecular weight excluding hydrogens is 234 g/mol. The molecule has 2 rings (SSSR count). The van der Waals surface area contributed by atoms with E-state index in [0.717, 1.165) is 36.9 Å². The minimum atomic E-state index is -0.427. The van der Waals surface area contributed by atoms with Crippen LogP contribution in [0.1, 0.15) is 34.6 Å². The molecule has 0 spiro atoms. The molecule has 100 valence electrons. The van der Waals surface area contributed by atoms with Crippen molar-refractivity contribution >= 4 is 5.91 Å². The van der Waals surface area contributed by atoms with Gasteiger partial charge in [-0.25, -0.2) is 0 Å². The maximum atomic E-state index is 12.0. The standard InChI is InChI=1S/C12H19N3O3/c1-17-10(18-2)7-13-12(16)11-8-5-3-4-6-9(8)14-15-11/h10H,3-7H2,1-2H3,(H,13,16)(H,14,15). The van der Waals surface area contributed by atoms with Crippen LogP contribution >= 0.6 is 0 Å². The van der Waals surface area contributed by atoms with Crippen LogP contribution in [0.15, 0.2) is 0 Å². The van der Waals surface area contributed by atoms with Gasteiger partial charge in [0, 0.05) is 25.5 Å². The number of nitrogens with zero attached hydrogens (tertiary/aromatic N) is 1. The number of ether oxygens (including phenoxy) is 2. The molecule has 1 heterocycles. The van der Waals surface area contributed by atoms with Gasteiger partial charge in [-0.15, -0.1) is 0 Å². The molecule has 0 radical (unpaired) electrons. The van der Waals surface area contributed by atoms with Gasteiger partial charge in [0.25, 0.3) is 5.91 Å². The van der Waals surface area contributed by atoms with Gasteiger partial charge in [-0.2, -0.15) is 5.10 Å². The van der Waals surface area contributed by atoms with Crippen molar-refractivity contribution in [1.29, 1.82) is 0 Å². The van der Waals surface area contributed by atoms with E-state index < -0.39 is 6.29 Å². The predicted molar refractivity (Wildman–Crippen MR) is 65.4 cm³/mol. The average Bonchev–Trinajstić information content (AvgIpc) is 2.83. The molecule has 0 saturated carbocycles. The Morgan fingerprint density at radius 2 is 2.11 bits per heavy atom. The number of rotatable bonds is 5. The number of aromatic amines is 1. The second-order valence-corrected chi connectivity index (χ2v) is 4.35. The van der Waals surface area contributed by atoms with E-state index in [1.807, 2.05) is 0 Å². The number of nitrogens with one attached hydrogen (secondary N) is 2. The van der Waals surface area contributed by atoms with Crippen LogP contribution in [0, 0.1) is 0 Å². The normalized spacial score (nSPS) is 14.6. The van der Waals surface area contributed by atoms with Crippen molar-refractivity contribution in [3.63, 3.8) is 0 Å². The second-order valence-electron chi connectivity index (χ2n) is 4.35. The fourth-order valence-electron chi connectivity index (χ4n) is 2.19. The van der Waals surface area contributed by atoms with Crippen LogP contribution in [0.25, 0.3) is 0 Å². The Labute approximate surface area is 106 Å². The molecule has 6 heteroatoms. The van der Waals surface area contributed by atoms with Crippen LogP contribution in [-0.4, -0.2) is 43.2 Å². The molecule has 0 saturated heterocycles. The third-order valence-electron chi connectivity index (χ3n) is 3.23. The molecular formula is C12H19N3O3.